The molecule has 2 aliphatic rings. The second-order valence-corrected chi connectivity index (χ2v) is 8.34. The topological polar surface area (TPSA) is 71.8 Å². The lowest BCUT2D eigenvalue weighted by molar-refractivity contribution is 0.203. The van der Waals surface area contributed by atoms with E-state index in [0.29, 0.717) is 17.9 Å². The maximum absolute atomic E-state index is 5.57. The molecule has 0 radical (unpaired) electrons. The third-order valence-corrected chi connectivity index (χ3v) is 6.15. The summed E-state index contributed by atoms with van der Waals surface area (Å²) in [5, 5.41) is 4.38. The van der Waals surface area contributed by atoms with E-state index in [0.717, 1.165) is 49.0 Å². The highest BCUT2D eigenvalue weighted by molar-refractivity contribution is 5.44. The highest BCUT2D eigenvalue weighted by Gasteiger charge is 2.35. The van der Waals surface area contributed by atoms with E-state index >= 15 is 0 Å². The number of ether oxygens (including phenoxy) is 2. The summed E-state index contributed by atoms with van der Waals surface area (Å²) in [6.45, 7) is 7.32. The Bertz CT molecular complexity index is 822. The van der Waals surface area contributed by atoms with Gasteiger partial charge in [-0.2, -0.15) is 0 Å². The normalized spacial score (nSPS) is 25.1. The van der Waals surface area contributed by atoms with Crippen molar-refractivity contribution in [1.29, 1.82) is 0 Å². The summed E-state index contributed by atoms with van der Waals surface area (Å²) in [5.41, 5.74) is 9.09. The van der Waals surface area contributed by atoms with Crippen LogP contribution >= 0.6 is 0 Å². The Balaban J connectivity index is 1.49. The maximum atomic E-state index is 5.57. The zero-order valence-corrected chi connectivity index (χ0v) is 17.8. The van der Waals surface area contributed by atoms with Crippen LogP contribution in [-0.2, 0) is 0 Å². The van der Waals surface area contributed by atoms with E-state index in [2.05, 4.69) is 53.0 Å². The van der Waals surface area contributed by atoms with Crippen LogP contribution in [0.2, 0.25) is 0 Å². The summed E-state index contributed by atoms with van der Waals surface area (Å²) in [6.07, 6.45) is 2.34. The van der Waals surface area contributed by atoms with Crippen molar-refractivity contribution in [3.05, 3.63) is 41.3 Å². The Morgan fingerprint density at radius 1 is 1.21 bits per heavy atom. The first-order valence-corrected chi connectivity index (χ1v) is 10.5. The molecule has 2 aliphatic heterocycles. The number of nitrogens with one attached hydrogen (secondary N) is 2. The van der Waals surface area contributed by atoms with Crippen molar-refractivity contribution in [1.82, 2.24) is 20.9 Å². The minimum atomic E-state index is 0.222. The molecule has 4 rings (SSSR count). The minimum absolute atomic E-state index is 0.222. The van der Waals surface area contributed by atoms with Gasteiger partial charge < -0.3 is 14.0 Å². The maximum Gasteiger partial charge on any atom is 0.161 e. The molecule has 2 N–H and O–H groups in total. The fourth-order valence-electron chi connectivity index (χ4n) is 4.52. The van der Waals surface area contributed by atoms with E-state index in [1.807, 2.05) is 6.07 Å². The third-order valence-electron chi connectivity index (χ3n) is 6.15. The van der Waals surface area contributed by atoms with E-state index in [4.69, 9.17) is 14.0 Å². The van der Waals surface area contributed by atoms with Gasteiger partial charge in [-0.15, -0.1) is 0 Å². The molecule has 7 nitrogen and oxygen atoms in total. The molecule has 29 heavy (non-hydrogen) atoms. The molecular weight excluding hydrogens is 368 g/mol. The van der Waals surface area contributed by atoms with Crippen LogP contribution < -0.4 is 20.3 Å². The number of hydrogen-bond acceptors (Lipinski definition) is 7. The number of aromatic nitrogens is 1. The zero-order chi connectivity index (χ0) is 20.4. The minimum Gasteiger partial charge on any atom is -0.493 e. The smallest absolute Gasteiger partial charge is 0.161 e. The molecule has 3 heterocycles. The van der Waals surface area contributed by atoms with Crippen LogP contribution in [-0.4, -0.2) is 43.9 Å². The summed E-state index contributed by atoms with van der Waals surface area (Å²) >= 11 is 0. The van der Waals surface area contributed by atoms with Crippen molar-refractivity contribution in [3.63, 3.8) is 0 Å². The van der Waals surface area contributed by atoms with Gasteiger partial charge in [-0.05, 0) is 37.1 Å². The molecule has 0 saturated carbocycles. The Kier molecular flexibility index (Phi) is 6.08. The summed E-state index contributed by atoms with van der Waals surface area (Å²) in [5.74, 6) is 3.30. The van der Waals surface area contributed by atoms with E-state index in [1.165, 1.54) is 12.0 Å². The molecule has 0 aliphatic carbocycles. The van der Waals surface area contributed by atoms with Crippen LogP contribution in [0.4, 0.5) is 0 Å². The predicted molar refractivity (Wildman–Crippen MR) is 111 cm³/mol. The number of methoxy groups -OCH3 is 2. The molecule has 2 fully saturated rings. The molecule has 158 valence electrons. The monoisotopic (exact) mass is 400 g/mol. The van der Waals surface area contributed by atoms with E-state index < -0.39 is 0 Å². The standard InChI is InChI=1S/C22H32N4O3/c1-14(2)20-11-17(25-29-20)18-6-5-9-26(18)13-16-12-23-24-22(16)15-7-8-19(27-3)21(10-15)28-4/h7-8,10-11,14,16,18,22-24H,5-6,9,12-13H2,1-4H3. The van der Waals surface area contributed by atoms with Crippen LogP contribution in [0.25, 0.3) is 0 Å². The summed E-state index contributed by atoms with van der Waals surface area (Å²) in [7, 11) is 3.34. The van der Waals surface area contributed by atoms with Crippen LogP contribution in [0.15, 0.2) is 28.8 Å². The Labute approximate surface area is 172 Å². The first-order valence-electron chi connectivity index (χ1n) is 10.5. The average Bonchev–Trinajstić information content (AvgIpc) is 3.48. The lowest BCUT2D eigenvalue weighted by Crippen LogP contribution is -2.33. The zero-order valence-electron chi connectivity index (χ0n) is 17.8. The van der Waals surface area contributed by atoms with E-state index in [1.54, 1.807) is 14.2 Å². The number of hydrazine groups is 1. The second-order valence-electron chi connectivity index (χ2n) is 8.34. The number of nitrogens with zero attached hydrogens (tertiary/aromatic N) is 2. The average molecular weight is 401 g/mol. The fraction of sp³-hybridized carbons (Fsp3) is 0.591. The molecule has 3 atom stereocenters. The van der Waals surface area contributed by atoms with Gasteiger partial charge in [0, 0.05) is 31.0 Å². The SMILES string of the molecule is COc1ccc(C2NNCC2CN2CCCC2c2cc(C(C)C)on2)cc1OC. The molecular formula is C22H32N4O3. The molecule has 0 bridgehead atoms. The summed E-state index contributed by atoms with van der Waals surface area (Å²) in [4.78, 5) is 2.56. The van der Waals surface area contributed by atoms with E-state index in [-0.39, 0.29) is 6.04 Å². The molecule has 1 aromatic carbocycles. The van der Waals surface area contributed by atoms with Gasteiger partial charge in [0.2, 0.25) is 0 Å². The Hall–Kier alpha value is -2.09. The quantitative estimate of drug-likeness (QED) is 0.738. The fourth-order valence-corrected chi connectivity index (χ4v) is 4.52. The van der Waals surface area contributed by atoms with Crippen LogP contribution in [0.1, 0.15) is 61.7 Å². The van der Waals surface area contributed by atoms with Gasteiger partial charge in [0.1, 0.15) is 11.5 Å². The van der Waals surface area contributed by atoms with Crippen molar-refractivity contribution in [2.24, 2.45) is 5.92 Å². The highest BCUT2D eigenvalue weighted by Crippen LogP contribution is 2.37. The second kappa shape index (κ2) is 8.73. The van der Waals surface area contributed by atoms with Gasteiger partial charge in [0.25, 0.3) is 0 Å². The Morgan fingerprint density at radius 2 is 2.03 bits per heavy atom. The third kappa shape index (κ3) is 4.13. The van der Waals surface area contributed by atoms with Crippen molar-refractivity contribution >= 4 is 0 Å². The van der Waals surface area contributed by atoms with Crippen LogP contribution in [0.3, 0.4) is 0 Å². The molecule has 3 unspecified atom stereocenters. The lowest BCUT2D eigenvalue weighted by atomic mass is 9.93. The van der Waals surface area contributed by atoms with Gasteiger partial charge in [-0.25, -0.2) is 5.43 Å². The Morgan fingerprint density at radius 3 is 2.76 bits per heavy atom. The molecule has 2 saturated heterocycles. The molecule has 7 heteroatoms. The largest absolute Gasteiger partial charge is 0.493 e. The summed E-state index contributed by atoms with van der Waals surface area (Å²) in [6, 6.07) is 8.88. The van der Waals surface area contributed by atoms with Gasteiger partial charge in [-0.3, -0.25) is 10.3 Å². The van der Waals surface area contributed by atoms with E-state index in [9.17, 15) is 0 Å². The lowest BCUT2D eigenvalue weighted by Gasteiger charge is -2.28. The molecule has 0 spiro atoms. The van der Waals surface area contributed by atoms with Crippen molar-refractivity contribution in [3.8, 4) is 11.5 Å². The predicted octanol–water partition coefficient (Wildman–Crippen LogP) is 3.42. The number of likely N-dealkylation sites (tertiary alicyclic amines) is 1. The summed E-state index contributed by atoms with van der Waals surface area (Å²) < 4.78 is 16.5. The first-order chi connectivity index (χ1) is 14.1. The first kappa shape index (κ1) is 20.2. The number of benzene rings is 1. The van der Waals surface area contributed by atoms with Gasteiger partial charge >= 0.3 is 0 Å². The van der Waals surface area contributed by atoms with Crippen molar-refractivity contribution < 1.29 is 14.0 Å². The van der Waals surface area contributed by atoms with Crippen molar-refractivity contribution in [2.75, 3.05) is 33.9 Å². The van der Waals surface area contributed by atoms with Crippen LogP contribution in [0.5, 0.6) is 11.5 Å². The van der Waals surface area contributed by atoms with Crippen LogP contribution in [0, 0.1) is 5.92 Å². The molecule has 2 aromatic rings. The van der Waals surface area contributed by atoms with Gasteiger partial charge in [0.15, 0.2) is 11.5 Å². The molecule has 1 aromatic heterocycles. The number of hydrogen-bond donors (Lipinski definition) is 2. The highest BCUT2D eigenvalue weighted by atomic mass is 16.5. The van der Waals surface area contributed by atoms with Gasteiger partial charge in [-0.1, -0.05) is 25.1 Å². The van der Waals surface area contributed by atoms with Crippen molar-refractivity contribution in [2.45, 2.75) is 44.7 Å². The number of rotatable bonds is 7. The van der Waals surface area contributed by atoms with Gasteiger partial charge in [0.05, 0.1) is 26.3 Å². The molecule has 0 amide bonds.